The Morgan fingerprint density at radius 2 is 1.92 bits per heavy atom. The van der Waals surface area contributed by atoms with Crippen molar-refractivity contribution in [3.63, 3.8) is 0 Å². The molecule has 1 saturated heterocycles. The summed E-state index contributed by atoms with van der Waals surface area (Å²) in [5, 5.41) is 0. The summed E-state index contributed by atoms with van der Waals surface area (Å²) in [6.45, 7) is 9.13. The quantitative estimate of drug-likeness (QED) is 0.778. The van der Waals surface area contributed by atoms with Gasteiger partial charge in [0.05, 0.1) is 12.5 Å². The molecule has 1 atom stereocenters. The number of likely N-dealkylation sites (tertiary alicyclic amines) is 1. The smallest absolute Gasteiger partial charge is 0.309 e. The Balaban J connectivity index is 1.89. The third-order valence-electron chi connectivity index (χ3n) is 4.41. The number of benzene rings is 1. The van der Waals surface area contributed by atoms with Gasteiger partial charge in [-0.05, 0) is 52.2 Å². The first-order valence-electron chi connectivity index (χ1n) is 8.61. The van der Waals surface area contributed by atoms with E-state index in [2.05, 4.69) is 0 Å². The predicted molar refractivity (Wildman–Crippen MR) is 91.9 cm³/mol. The number of esters is 1. The maximum Gasteiger partial charge on any atom is 0.309 e. The van der Waals surface area contributed by atoms with E-state index in [1.807, 2.05) is 39.0 Å². The highest BCUT2D eigenvalue weighted by Crippen LogP contribution is 2.23. The molecule has 0 N–H and O–H groups in total. The van der Waals surface area contributed by atoms with Gasteiger partial charge < -0.3 is 14.4 Å². The molecule has 0 saturated carbocycles. The van der Waals surface area contributed by atoms with Gasteiger partial charge >= 0.3 is 5.97 Å². The van der Waals surface area contributed by atoms with E-state index in [1.54, 1.807) is 11.8 Å². The molecule has 0 aliphatic carbocycles. The second-order valence-electron chi connectivity index (χ2n) is 6.38. The lowest BCUT2D eigenvalue weighted by molar-refractivity contribution is -0.152. The number of hydrogen-bond donors (Lipinski definition) is 0. The van der Waals surface area contributed by atoms with E-state index in [-0.39, 0.29) is 17.8 Å². The summed E-state index contributed by atoms with van der Waals surface area (Å²) >= 11 is 0. The molecule has 1 aromatic carbocycles. The van der Waals surface area contributed by atoms with Crippen LogP contribution in [0.4, 0.5) is 0 Å². The first-order chi connectivity index (χ1) is 11.4. The Morgan fingerprint density at radius 1 is 1.25 bits per heavy atom. The lowest BCUT2D eigenvalue weighted by Gasteiger charge is -2.32. The summed E-state index contributed by atoms with van der Waals surface area (Å²) in [5.41, 5.74) is 2.19. The average Bonchev–Trinajstić information content (AvgIpc) is 2.57. The first kappa shape index (κ1) is 18.3. The Morgan fingerprint density at radius 3 is 2.50 bits per heavy atom. The van der Waals surface area contributed by atoms with Crippen molar-refractivity contribution < 1.29 is 19.1 Å². The molecule has 1 aliphatic rings. The minimum atomic E-state index is -0.537. The maximum atomic E-state index is 12.6. The van der Waals surface area contributed by atoms with Crippen molar-refractivity contribution in [2.24, 2.45) is 5.92 Å². The van der Waals surface area contributed by atoms with E-state index in [9.17, 15) is 9.59 Å². The number of rotatable bonds is 5. The SMILES string of the molecule is CCOC(=O)C1CCN(C(=O)C(C)Oc2ccc(C)cc2C)CC1. The van der Waals surface area contributed by atoms with Gasteiger partial charge in [-0.3, -0.25) is 9.59 Å². The van der Waals surface area contributed by atoms with Crippen molar-refractivity contribution >= 4 is 11.9 Å². The van der Waals surface area contributed by atoms with Crippen LogP contribution in [0, 0.1) is 19.8 Å². The van der Waals surface area contributed by atoms with E-state index in [1.165, 1.54) is 5.56 Å². The molecule has 24 heavy (non-hydrogen) atoms. The molecule has 0 bridgehead atoms. The Bertz CT molecular complexity index is 591. The van der Waals surface area contributed by atoms with Gasteiger partial charge in [0, 0.05) is 13.1 Å². The van der Waals surface area contributed by atoms with Crippen LogP contribution in [-0.4, -0.2) is 42.6 Å². The normalized spacial score (nSPS) is 16.6. The molecular formula is C19H27NO4. The largest absolute Gasteiger partial charge is 0.481 e. The zero-order chi connectivity index (χ0) is 17.7. The molecule has 1 amide bonds. The molecule has 5 heteroatoms. The zero-order valence-corrected chi connectivity index (χ0v) is 15.0. The van der Waals surface area contributed by atoms with Crippen LogP contribution in [0.2, 0.25) is 0 Å². The molecule has 1 unspecified atom stereocenters. The van der Waals surface area contributed by atoms with Gasteiger partial charge in [0.1, 0.15) is 5.75 Å². The standard InChI is InChI=1S/C19H27NO4/c1-5-23-19(22)16-8-10-20(11-9-16)18(21)15(4)24-17-7-6-13(2)12-14(17)3/h6-7,12,15-16H,5,8-11H2,1-4H3. The highest BCUT2D eigenvalue weighted by Gasteiger charge is 2.30. The summed E-state index contributed by atoms with van der Waals surface area (Å²) in [6, 6.07) is 5.92. The van der Waals surface area contributed by atoms with Gasteiger partial charge in [0.15, 0.2) is 6.10 Å². The van der Waals surface area contributed by atoms with Crippen molar-refractivity contribution in [2.45, 2.75) is 46.6 Å². The maximum absolute atomic E-state index is 12.6. The third kappa shape index (κ3) is 4.49. The minimum Gasteiger partial charge on any atom is -0.481 e. The second kappa shape index (κ2) is 8.18. The molecular weight excluding hydrogens is 306 g/mol. The highest BCUT2D eigenvalue weighted by atomic mass is 16.5. The van der Waals surface area contributed by atoms with Crippen LogP contribution in [0.15, 0.2) is 18.2 Å². The minimum absolute atomic E-state index is 0.0303. The number of nitrogens with zero attached hydrogens (tertiary/aromatic N) is 1. The molecule has 0 radical (unpaired) electrons. The molecule has 5 nitrogen and oxygen atoms in total. The molecule has 2 rings (SSSR count). The highest BCUT2D eigenvalue weighted by molar-refractivity contribution is 5.81. The Labute approximate surface area is 143 Å². The van der Waals surface area contributed by atoms with Gasteiger partial charge in [-0.25, -0.2) is 0 Å². The summed E-state index contributed by atoms with van der Waals surface area (Å²) in [7, 11) is 0. The molecule has 1 aromatic rings. The first-order valence-corrected chi connectivity index (χ1v) is 8.61. The summed E-state index contributed by atoms with van der Waals surface area (Å²) in [5.74, 6) is 0.467. The number of piperidine rings is 1. The summed E-state index contributed by atoms with van der Waals surface area (Å²) in [6.07, 6.45) is 0.771. The molecule has 1 fully saturated rings. The van der Waals surface area contributed by atoms with E-state index < -0.39 is 6.10 Å². The van der Waals surface area contributed by atoms with E-state index in [4.69, 9.17) is 9.47 Å². The van der Waals surface area contributed by atoms with Gasteiger partial charge in [0.25, 0.3) is 5.91 Å². The molecule has 0 aromatic heterocycles. The van der Waals surface area contributed by atoms with E-state index in [0.29, 0.717) is 32.5 Å². The molecule has 0 spiro atoms. The summed E-state index contributed by atoms with van der Waals surface area (Å²) < 4.78 is 10.9. The van der Waals surface area contributed by atoms with Crippen LogP contribution in [0.5, 0.6) is 5.75 Å². The molecule has 1 heterocycles. The fourth-order valence-electron chi connectivity index (χ4n) is 3.03. The fourth-order valence-corrected chi connectivity index (χ4v) is 3.03. The van der Waals surface area contributed by atoms with Gasteiger partial charge in [-0.2, -0.15) is 0 Å². The predicted octanol–water partition coefficient (Wildman–Crippen LogP) is 2.87. The van der Waals surface area contributed by atoms with E-state index >= 15 is 0 Å². The fraction of sp³-hybridized carbons (Fsp3) is 0.579. The third-order valence-corrected chi connectivity index (χ3v) is 4.41. The van der Waals surface area contributed by atoms with Crippen molar-refractivity contribution in [3.05, 3.63) is 29.3 Å². The van der Waals surface area contributed by atoms with Crippen LogP contribution in [0.3, 0.4) is 0 Å². The number of carbonyl (C=O) groups is 2. The van der Waals surface area contributed by atoms with Crippen LogP contribution >= 0.6 is 0 Å². The monoisotopic (exact) mass is 333 g/mol. The number of amides is 1. The van der Waals surface area contributed by atoms with Crippen molar-refractivity contribution in [1.29, 1.82) is 0 Å². The molecule has 132 valence electrons. The Hall–Kier alpha value is -2.04. The van der Waals surface area contributed by atoms with Gasteiger partial charge in [-0.15, -0.1) is 0 Å². The summed E-state index contributed by atoms with van der Waals surface area (Å²) in [4.78, 5) is 26.1. The lowest BCUT2D eigenvalue weighted by atomic mass is 9.96. The Kier molecular flexibility index (Phi) is 6.23. The van der Waals surface area contributed by atoms with E-state index in [0.717, 1.165) is 11.3 Å². The van der Waals surface area contributed by atoms with Gasteiger partial charge in [0.2, 0.25) is 0 Å². The van der Waals surface area contributed by atoms with Crippen LogP contribution in [0.25, 0.3) is 0 Å². The van der Waals surface area contributed by atoms with Crippen molar-refractivity contribution in [3.8, 4) is 5.75 Å². The number of hydrogen-bond acceptors (Lipinski definition) is 4. The van der Waals surface area contributed by atoms with Crippen molar-refractivity contribution in [1.82, 2.24) is 4.90 Å². The number of carbonyl (C=O) groups excluding carboxylic acids is 2. The zero-order valence-electron chi connectivity index (χ0n) is 15.0. The average molecular weight is 333 g/mol. The second-order valence-corrected chi connectivity index (χ2v) is 6.38. The number of ether oxygens (including phenoxy) is 2. The number of aryl methyl sites for hydroxylation is 2. The van der Waals surface area contributed by atoms with Crippen molar-refractivity contribution in [2.75, 3.05) is 19.7 Å². The molecule has 1 aliphatic heterocycles. The van der Waals surface area contributed by atoms with Crippen LogP contribution in [-0.2, 0) is 14.3 Å². The van der Waals surface area contributed by atoms with Crippen LogP contribution < -0.4 is 4.74 Å². The lowest BCUT2D eigenvalue weighted by Crippen LogP contribution is -2.46. The van der Waals surface area contributed by atoms with Gasteiger partial charge in [-0.1, -0.05) is 17.7 Å². The topological polar surface area (TPSA) is 55.8 Å². The van der Waals surface area contributed by atoms with Crippen LogP contribution in [0.1, 0.15) is 37.8 Å².